The summed E-state index contributed by atoms with van der Waals surface area (Å²) in [4.78, 5) is 0. The SMILES string of the molecule is CC(CN)(CCc1ccccc1)NCCC1=CCCC1. The van der Waals surface area contributed by atoms with Gasteiger partial charge in [-0.25, -0.2) is 0 Å². The molecule has 0 amide bonds. The van der Waals surface area contributed by atoms with Crippen molar-refractivity contribution in [1.29, 1.82) is 0 Å². The maximum atomic E-state index is 5.99. The van der Waals surface area contributed by atoms with E-state index in [9.17, 15) is 0 Å². The zero-order valence-corrected chi connectivity index (χ0v) is 12.7. The maximum Gasteiger partial charge on any atom is 0.0278 e. The van der Waals surface area contributed by atoms with E-state index in [1.807, 2.05) is 0 Å². The molecule has 0 aliphatic heterocycles. The topological polar surface area (TPSA) is 38.0 Å². The van der Waals surface area contributed by atoms with Crippen molar-refractivity contribution in [3.63, 3.8) is 0 Å². The minimum atomic E-state index is 0.0506. The van der Waals surface area contributed by atoms with Crippen molar-refractivity contribution in [2.75, 3.05) is 13.1 Å². The van der Waals surface area contributed by atoms with E-state index >= 15 is 0 Å². The van der Waals surface area contributed by atoms with Gasteiger partial charge in [0.05, 0.1) is 0 Å². The molecule has 0 heterocycles. The fraction of sp³-hybridized carbons (Fsp3) is 0.556. The maximum absolute atomic E-state index is 5.99. The van der Waals surface area contributed by atoms with Crippen LogP contribution in [0.5, 0.6) is 0 Å². The van der Waals surface area contributed by atoms with Crippen LogP contribution in [0.25, 0.3) is 0 Å². The Balaban J connectivity index is 1.76. The van der Waals surface area contributed by atoms with E-state index < -0.39 is 0 Å². The molecule has 0 saturated carbocycles. The van der Waals surface area contributed by atoms with E-state index in [4.69, 9.17) is 5.73 Å². The highest BCUT2D eigenvalue weighted by Gasteiger charge is 2.21. The fourth-order valence-electron chi connectivity index (χ4n) is 2.82. The predicted molar refractivity (Wildman–Crippen MR) is 86.8 cm³/mol. The molecule has 1 aliphatic rings. The zero-order valence-electron chi connectivity index (χ0n) is 12.7. The minimum Gasteiger partial charge on any atom is -0.329 e. The molecule has 0 aromatic heterocycles. The average Bonchev–Trinajstić information content (AvgIpc) is 3.00. The summed E-state index contributed by atoms with van der Waals surface area (Å²) >= 11 is 0. The third-order valence-electron chi connectivity index (χ3n) is 4.39. The Hall–Kier alpha value is -1.12. The van der Waals surface area contributed by atoms with Crippen LogP contribution in [0, 0.1) is 0 Å². The summed E-state index contributed by atoms with van der Waals surface area (Å²) in [6.45, 7) is 3.99. The number of aryl methyl sites for hydroxylation is 1. The Labute approximate surface area is 123 Å². The Morgan fingerprint density at radius 2 is 2.00 bits per heavy atom. The van der Waals surface area contributed by atoms with Crippen molar-refractivity contribution < 1.29 is 0 Å². The molecular formula is C18H28N2. The van der Waals surface area contributed by atoms with E-state index in [0.717, 1.165) is 19.4 Å². The van der Waals surface area contributed by atoms with E-state index in [1.165, 1.54) is 31.2 Å². The number of nitrogens with two attached hydrogens (primary N) is 1. The molecule has 1 unspecified atom stereocenters. The van der Waals surface area contributed by atoms with Crippen molar-refractivity contribution in [3.05, 3.63) is 47.5 Å². The summed E-state index contributed by atoms with van der Waals surface area (Å²) in [6, 6.07) is 10.7. The molecule has 1 aromatic rings. The van der Waals surface area contributed by atoms with Crippen LogP contribution < -0.4 is 11.1 Å². The van der Waals surface area contributed by atoms with Gasteiger partial charge in [-0.15, -0.1) is 0 Å². The van der Waals surface area contributed by atoms with Crippen LogP contribution in [0.2, 0.25) is 0 Å². The van der Waals surface area contributed by atoms with Gasteiger partial charge in [-0.3, -0.25) is 0 Å². The highest BCUT2D eigenvalue weighted by molar-refractivity contribution is 5.15. The molecule has 0 spiro atoms. The number of benzene rings is 1. The number of allylic oxidation sites excluding steroid dienone is 1. The molecule has 2 nitrogen and oxygen atoms in total. The first-order chi connectivity index (χ1) is 9.72. The van der Waals surface area contributed by atoms with Gasteiger partial charge in [-0.1, -0.05) is 42.0 Å². The Bertz CT molecular complexity index is 424. The second-order valence-electron chi connectivity index (χ2n) is 6.18. The number of hydrogen-bond donors (Lipinski definition) is 2. The minimum absolute atomic E-state index is 0.0506. The normalized spacial score (nSPS) is 17.8. The molecule has 2 rings (SSSR count). The van der Waals surface area contributed by atoms with Crippen LogP contribution in [0.3, 0.4) is 0 Å². The van der Waals surface area contributed by atoms with Crippen LogP contribution in [-0.4, -0.2) is 18.6 Å². The molecule has 1 aromatic carbocycles. The van der Waals surface area contributed by atoms with E-state index in [0.29, 0.717) is 6.54 Å². The van der Waals surface area contributed by atoms with Crippen molar-refractivity contribution >= 4 is 0 Å². The van der Waals surface area contributed by atoms with Gasteiger partial charge >= 0.3 is 0 Å². The molecule has 3 N–H and O–H groups in total. The fourth-order valence-corrected chi connectivity index (χ4v) is 2.82. The molecule has 0 radical (unpaired) electrons. The molecule has 20 heavy (non-hydrogen) atoms. The molecular weight excluding hydrogens is 244 g/mol. The van der Waals surface area contributed by atoms with Gasteiger partial charge in [0.2, 0.25) is 0 Å². The molecule has 110 valence electrons. The smallest absolute Gasteiger partial charge is 0.0278 e. The van der Waals surface area contributed by atoms with Gasteiger partial charge in [0, 0.05) is 12.1 Å². The van der Waals surface area contributed by atoms with Crippen molar-refractivity contribution in [3.8, 4) is 0 Å². The number of rotatable bonds is 8. The predicted octanol–water partition coefficient (Wildman–Crippen LogP) is 3.43. The van der Waals surface area contributed by atoms with Gasteiger partial charge in [-0.2, -0.15) is 0 Å². The first-order valence-corrected chi connectivity index (χ1v) is 7.89. The monoisotopic (exact) mass is 272 g/mol. The molecule has 1 atom stereocenters. The molecule has 2 heteroatoms. The molecule has 0 bridgehead atoms. The van der Waals surface area contributed by atoms with Gasteiger partial charge in [0.15, 0.2) is 0 Å². The lowest BCUT2D eigenvalue weighted by Gasteiger charge is -2.30. The zero-order chi connectivity index (χ0) is 14.3. The highest BCUT2D eigenvalue weighted by atomic mass is 15.0. The largest absolute Gasteiger partial charge is 0.329 e. The lowest BCUT2D eigenvalue weighted by atomic mass is 9.93. The Morgan fingerprint density at radius 3 is 2.65 bits per heavy atom. The van der Waals surface area contributed by atoms with Gasteiger partial charge in [0.25, 0.3) is 0 Å². The first-order valence-electron chi connectivity index (χ1n) is 7.89. The van der Waals surface area contributed by atoms with Crippen LogP contribution in [0.1, 0.15) is 44.6 Å². The lowest BCUT2D eigenvalue weighted by molar-refractivity contribution is 0.341. The molecule has 1 aliphatic carbocycles. The summed E-state index contributed by atoms with van der Waals surface area (Å²) < 4.78 is 0. The van der Waals surface area contributed by atoms with Crippen molar-refractivity contribution in [2.45, 2.75) is 51.0 Å². The summed E-state index contributed by atoms with van der Waals surface area (Å²) in [5, 5.41) is 3.68. The van der Waals surface area contributed by atoms with Crippen LogP contribution in [0.4, 0.5) is 0 Å². The Morgan fingerprint density at radius 1 is 1.20 bits per heavy atom. The first kappa shape index (κ1) is 15.3. The van der Waals surface area contributed by atoms with Gasteiger partial charge in [0.1, 0.15) is 0 Å². The van der Waals surface area contributed by atoms with E-state index in [1.54, 1.807) is 5.57 Å². The summed E-state index contributed by atoms with van der Waals surface area (Å²) in [6.07, 6.45) is 9.68. The summed E-state index contributed by atoms with van der Waals surface area (Å²) in [5.74, 6) is 0. The average molecular weight is 272 g/mol. The van der Waals surface area contributed by atoms with Crippen LogP contribution >= 0.6 is 0 Å². The Kier molecular flexibility index (Phi) is 5.81. The van der Waals surface area contributed by atoms with Crippen molar-refractivity contribution in [1.82, 2.24) is 5.32 Å². The van der Waals surface area contributed by atoms with Crippen molar-refractivity contribution in [2.24, 2.45) is 5.73 Å². The second-order valence-corrected chi connectivity index (χ2v) is 6.18. The third-order valence-corrected chi connectivity index (χ3v) is 4.39. The summed E-state index contributed by atoms with van der Waals surface area (Å²) in [5.41, 5.74) is 9.06. The quantitative estimate of drug-likeness (QED) is 0.712. The van der Waals surface area contributed by atoms with E-state index in [-0.39, 0.29) is 5.54 Å². The molecule has 0 fully saturated rings. The standard InChI is InChI=1S/C18H28N2/c1-18(15-19,13-11-16-7-3-2-4-8-16)20-14-12-17-9-5-6-10-17/h2-4,7-9,20H,5-6,10-15,19H2,1H3. The highest BCUT2D eigenvalue weighted by Crippen LogP contribution is 2.20. The van der Waals surface area contributed by atoms with E-state index in [2.05, 4.69) is 48.6 Å². The molecule has 0 saturated heterocycles. The van der Waals surface area contributed by atoms with Crippen LogP contribution in [0.15, 0.2) is 42.0 Å². The lowest BCUT2D eigenvalue weighted by Crippen LogP contribution is -2.49. The second kappa shape index (κ2) is 7.61. The summed E-state index contributed by atoms with van der Waals surface area (Å²) in [7, 11) is 0. The number of nitrogens with one attached hydrogen (secondary N) is 1. The van der Waals surface area contributed by atoms with Crippen LogP contribution in [-0.2, 0) is 6.42 Å². The number of hydrogen-bond acceptors (Lipinski definition) is 2. The third kappa shape index (κ3) is 4.77. The van der Waals surface area contributed by atoms with Gasteiger partial charge in [-0.05, 0) is 57.6 Å². The van der Waals surface area contributed by atoms with Gasteiger partial charge < -0.3 is 11.1 Å².